The summed E-state index contributed by atoms with van der Waals surface area (Å²) in [5.41, 5.74) is 4.02. The molecule has 2 N–H and O–H groups in total. The SMILES string of the molecule is Cc1cc(Nc2ncnc3cc4c(nc23)N2CCN[C@@H](CO4)C2)ccc1Oc1ccn2ncnc2c1. The fraction of sp³-hybridized carbons (Fsp3) is 0.240. The molecule has 36 heavy (non-hydrogen) atoms. The Morgan fingerprint density at radius 1 is 1.11 bits per heavy atom. The number of fused-ring (bicyclic) bond motifs is 6. The van der Waals surface area contributed by atoms with Crippen LogP contribution in [0.25, 0.3) is 16.7 Å². The number of pyridine rings is 2. The molecule has 1 aromatic carbocycles. The second kappa shape index (κ2) is 8.31. The van der Waals surface area contributed by atoms with Crippen LogP contribution in [0.15, 0.2) is 55.2 Å². The van der Waals surface area contributed by atoms with Gasteiger partial charge in [-0.05, 0) is 36.8 Å². The first-order valence-electron chi connectivity index (χ1n) is 11.8. The Hall–Kier alpha value is -4.51. The number of nitrogens with one attached hydrogen (secondary N) is 2. The van der Waals surface area contributed by atoms with Crippen LogP contribution in [-0.2, 0) is 0 Å². The Balaban J connectivity index is 1.18. The zero-order valence-corrected chi connectivity index (χ0v) is 19.5. The lowest BCUT2D eigenvalue weighted by Gasteiger charge is -2.31. The molecule has 0 aliphatic carbocycles. The molecule has 1 fully saturated rings. The molecule has 1 atom stereocenters. The van der Waals surface area contributed by atoms with Crippen molar-refractivity contribution in [2.45, 2.75) is 13.0 Å². The van der Waals surface area contributed by atoms with E-state index in [0.717, 1.165) is 59.4 Å². The minimum atomic E-state index is 0.293. The van der Waals surface area contributed by atoms with E-state index in [0.29, 0.717) is 29.7 Å². The smallest absolute Gasteiger partial charge is 0.172 e. The molecule has 4 aromatic heterocycles. The van der Waals surface area contributed by atoms with Crippen molar-refractivity contribution in [2.24, 2.45) is 0 Å². The minimum Gasteiger partial charge on any atom is -0.488 e. The van der Waals surface area contributed by atoms with Crippen molar-refractivity contribution in [1.29, 1.82) is 0 Å². The van der Waals surface area contributed by atoms with Crippen molar-refractivity contribution in [3.63, 3.8) is 0 Å². The Morgan fingerprint density at radius 3 is 3.03 bits per heavy atom. The zero-order valence-electron chi connectivity index (χ0n) is 19.5. The number of rotatable bonds is 4. The molecule has 2 bridgehead atoms. The molecule has 5 aromatic rings. The van der Waals surface area contributed by atoms with Crippen molar-refractivity contribution in [3.05, 3.63) is 60.8 Å². The van der Waals surface area contributed by atoms with Crippen molar-refractivity contribution >= 4 is 34.0 Å². The quantitative estimate of drug-likeness (QED) is 0.397. The van der Waals surface area contributed by atoms with Gasteiger partial charge in [-0.1, -0.05) is 0 Å². The monoisotopic (exact) mass is 481 g/mol. The topological polar surface area (TPSA) is 115 Å². The van der Waals surface area contributed by atoms with Gasteiger partial charge in [0.1, 0.15) is 36.3 Å². The second-order valence-electron chi connectivity index (χ2n) is 8.94. The maximum absolute atomic E-state index is 6.10. The van der Waals surface area contributed by atoms with Crippen LogP contribution < -0.4 is 25.0 Å². The van der Waals surface area contributed by atoms with Gasteiger partial charge in [0.25, 0.3) is 0 Å². The molecule has 7 rings (SSSR count). The first-order valence-corrected chi connectivity index (χ1v) is 11.8. The van der Waals surface area contributed by atoms with Crippen LogP contribution in [-0.4, -0.2) is 61.8 Å². The van der Waals surface area contributed by atoms with Crippen LogP contribution in [0.1, 0.15) is 5.56 Å². The Bertz CT molecular complexity index is 1600. The molecule has 0 spiro atoms. The van der Waals surface area contributed by atoms with E-state index in [1.807, 2.05) is 49.5 Å². The molecule has 0 radical (unpaired) electrons. The summed E-state index contributed by atoms with van der Waals surface area (Å²) in [5, 5.41) is 11.0. The van der Waals surface area contributed by atoms with Gasteiger partial charge in [0.2, 0.25) is 0 Å². The third-order valence-corrected chi connectivity index (χ3v) is 6.47. The van der Waals surface area contributed by atoms with Crippen molar-refractivity contribution in [1.82, 2.24) is 34.9 Å². The number of piperazine rings is 1. The highest BCUT2D eigenvalue weighted by Gasteiger charge is 2.28. The van der Waals surface area contributed by atoms with Crippen LogP contribution in [0.3, 0.4) is 0 Å². The molecule has 0 unspecified atom stereocenters. The maximum atomic E-state index is 6.10. The summed E-state index contributed by atoms with van der Waals surface area (Å²) in [6.45, 7) is 5.28. The summed E-state index contributed by atoms with van der Waals surface area (Å²) >= 11 is 0. The van der Waals surface area contributed by atoms with E-state index in [9.17, 15) is 0 Å². The van der Waals surface area contributed by atoms with Gasteiger partial charge in [-0.25, -0.2) is 24.5 Å². The molecule has 2 aliphatic rings. The number of ether oxygens (including phenoxy) is 2. The minimum absolute atomic E-state index is 0.293. The average Bonchev–Trinajstić information content (AvgIpc) is 3.33. The van der Waals surface area contributed by atoms with Gasteiger partial charge in [0, 0.05) is 43.7 Å². The lowest BCUT2D eigenvalue weighted by molar-refractivity contribution is 0.271. The molecule has 11 heteroatoms. The van der Waals surface area contributed by atoms with E-state index in [2.05, 4.69) is 35.6 Å². The highest BCUT2D eigenvalue weighted by molar-refractivity contribution is 5.90. The lowest BCUT2D eigenvalue weighted by atomic mass is 10.2. The maximum Gasteiger partial charge on any atom is 0.172 e. The number of benzene rings is 1. The van der Waals surface area contributed by atoms with Gasteiger partial charge in [-0.2, -0.15) is 5.10 Å². The highest BCUT2D eigenvalue weighted by atomic mass is 16.5. The second-order valence-corrected chi connectivity index (χ2v) is 8.94. The number of hydrogen-bond acceptors (Lipinski definition) is 10. The highest BCUT2D eigenvalue weighted by Crippen LogP contribution is 2.35. The fourth-order valence-electron chi connectivity index (χ4n) is 4.67. The Labute approximate surface area is 206 Å². The van der Waals surface area contributed by atoms with Gasteiger partial charge in [0.15, 0.2) is 23.0 Å². The number of aryl methyl sites for hydroxylation is 1. The normalized spacial score (nSPS) is 16.9. The summed E-state index contributed by atoms with van der Waals surface area (Å²) in [4.78, 5) is 20.4. The van der Waals surface area contributed by atoms with E-state index in [1.165, 1.54) is 6.33 Å². The van der Waals surface area contributed by atoms with Gasteiger partial charge < -0.3 is 25.0 Å². The Morgan fingerprint density at radius 2 is 2.08 bits per heavy atom. The number of hydrogen-bond donors (Lipinski definition) is 2. The van der Waals surface area contributed by atoms with Crippen molar-refractivity contribution < 1.29 is 9.47 Å². The summed E-state index contributed by atoms with van der Waals surface area (Å²) in [7, 11) is 0. The van der Waals surface area contributed by atoms with Crippen molar-refractivity contribution in [3.8, 4) is 17.2 Å². The van der Waals surface area contributed by atoms with Crippen LogP contribution >= 0.6 is 0 Å². The van der Waals surface area contributed by atoms with Crippen LogP contribution in [0.4, 0.5) is 17.3 Å². The summed E-state index contributed by atoms with van der Waals surface area (Å²) in [6, 6.07) is 11.9. The molecule has 2 aliphatic heterocycles. The van der Waals surface area contributed by atoms with Gasteiger partial charge in [-0.3, -0.25) is 0 Å². The van der Waals surface area contributed by atoms with E-state index in [4.69, 9.17) is 14.5 Å². The van der Waals surface area contributed by atoms with E-state index >= 15 is 0 Å². The third kappa shape index (κ3) is 3.69. The molecule has 1 saturated heterocycles. The molecule has 6 heterocycles. The number of nitrogens with zero attached hydrogens (tertiary/aromatic N) is 7. The molecule has 11 nitrogen and oxygen atoms in total. The van der Waals surface area contributed by atoms with Gasteiger partial charge in [0.05, 0.1) is 11.6 Å². The summed E-state index contributed by atoms with van der Waals surface area (Å²) < 4.78 is 13.9. The van der Waals surface area contributed by atoms with E-state index < -0.39 is 0 Å². The van der Waals surface area contributed by atoms with Crippen LogP contribution in [0, 0.1) is 6.92 Å². The Kier molecular flexibility index (Phi) is 4.81. The molecular weight excluding hydrogens is 458 g/mol. The first-order chi connectivity index (χ1) is 17.7. The predicted octanol–water partition coefficient (Wildman–Crippen LogP) is 3.08. The summed E-state index contributed by atoms with van der Waals surface area (Å²) in [6.07, 6.45) is 4.88. The molecule has 180 valence electrons. The third-order valence-electron chi connectivity index (χ3n) is 6.47. The van der Waals surface area contributed by atoms with Gasteiger partial charge in [-0.15, -0.1) is 0 Å². The standard InChI is InChI=1S/C25H23N9O2/c1-15-8-16(2-3-20(15)36-18-4-6-34-22(9-18)28-14-30-34)31-24-23-19(27-13-29-24)10-21-25(32-23)33-7-5-26-17(11-33)12-35-21/h2-4,6,8-10,13-14,17,26H,5,7,11-12H2,1H3,(H,27,29,31)/t17-/m1/s1. The molecular formula is C25H23N9O2. The average molecular weight is 482 g/mol. The van der Waals surface area contributed by atoms with E-state index in [1.54, 1.807) is 10.8 Å². The summed E-state index contributed by atoms with van der Waals surface area (Å²) in [5.74, 6) is 3.70. The van der Waals surface area contributed by atoms with Crippen molar-refractivity contribution in [2.75, 3.05) is 36.5 Å². The van der Waals surface area contributed by atoms with Crippen LogP contribution in [0.5, 0.6) is 17.2 Å². The van der Waals surface area contributed by atoms with Crippen LogP contribution in [0.2, 0.25) is 0 Å². The van der Waals surface area contributed by atoms with E-state index in [-0.39, 0.29) is 0 Å². The molecule has 0 saturated carbocycles. The predicted molar refractivity (Wildman–Crippen MR) is 134 cm³/mol. The fourth-order valence-corrected chi connectivity index (χ4v) is 4.67. The number of anilines is 3. The van der Waals surface area contributed by atoms with Gasteiger partial charge >= 0.3 is 0 Å². The lowest BCUT2D eigenvalue weighted by Crippen LogP contribution is -2.51. The molecule has 0 amide bonds. The number of aromatic nitrogens is 6. The largest absolute Gasteiger partial charge is 0.488 e. The zero-order chi connectivity index (χ0) is 24.1. The first kappa shape index (κ1) is 20.8.